The zero-order valence-corrected chi connectivity index (χ0v) is 17.7. The smallest absolute Gasteiger partial charge is 0.345 e. The molecule has 0 bridgehead atoms. The Morgan fingerprint density at radius 3 is 2.61 bits per heavy atom. The molecule has 2 N–H and O–H groups in total. The van der Waals surface area contributed by atoms with Crippen LogP contribution in [0.5, 0.6) is 11.5 Å². The Labute approximate surface area is 181 Å². The van der Waals surface area contributed by atoms with Crippen molar-refractivity contribution in [3.8, 4) is 11.5 Å². The molecule has 31 heavy (non-hydrogen) atoms. The molecule has 0 saturated carbocycles. The van der Waals surface area contributed by atoms with E-state index in [-0.39, 0.29) is 18.1 Å². The lowest BCUT2D eigenvalue weighted by Gasteiger charge is -2.11. The number of imide groups is 1. The van der Waals surface area contributed by atoms with E-state index in [9.17, 15) is 24.5 Å². The van der Waals surface area contributed by atoms with Crippen LogP contribution in [0.1, 0.15) is 22.2 Å². The van der Waals surface area contributed by atoms with Gasteiger partial charge in [0.25, 0.3) is 11.6 Å². The van der Waals surface area contributed by atoms with E-state index in [1.54, 1.807) is 18.3 Å². The number of hydrogen-bond acceptors (Lipinski definition) is 9. The lowest BCUT2D eigenvalue weighted by molar-refractivity contribution is -0.385. The number of thiophene rings is 1. The van der Waals surface area contributed by atoms with E-state index in [1.807, 2.05) is 22.8 Å². The fraction of sp³-hybridized carbons (Fsp3) is 0.316. The summed E-state index contributed by atoms with van der Waals surface area (Å²) < 4.78 is 15.2. The zero-order valence-electron chi connectivity index (χ0n) is 16.8. The number of rotatable bonds is 10. The van der Waals surface area contributed by atoms with Gasteiger partial charge in [-0.15, -0.1) is 11.3 Å². The number of benzene rings is 1. The summed E-state index contributed by atoms with van der Waals surface area (Å²) in [5.41, 5.74) is -0.987. The Balaban J connectivity index is 1.92. The van der Waals surface area contributed by atoms with Crippen LogP contribution in [-0.2, 0) is 16.0 Å². The number of ether oxygens (including phenoxy) is 3. The molecule has 0 aliphatic rings. The molecule has 3 amide bonds. The fourth-order valence-electron chi connectivity index (χ4n) is 2.46. The Hall–Kier alpha value is -3.67. The number of nitrogens with one attached hydrogen (secondary N) is 2. The van der Waals surface area contributed by atoms with Gasteiger partial charge in [0.15, 0.2) is 18.1 Å². The molecule has 1 heterocycles. The van der Waals surface area contributed by atoms with Crippen LogP contribution in [0.3, 0.4) is 0 Å². The first-order chi connectivity index (χ1) is 14.8. The van der Waals surface area contributed by atoms with E-state index in [2.05, 4.69) is 5.32 Å². The van der Waals surface area contributed by atoms with E-state index in [1.165, 1.54) is 7.11 Å². The van der Waals surface area contributed by atoms with Crippen LogP contribution in [-0.4, -0.2) is 49.7 Å². The van der Waals surface area contributed by atoms with E-state index < -0.39 is 40.7 Å². The predicted octanol–water partition coefficient (Wildman–Crippen LogP) is 2.29. The van der Waals surface area contributed by atoms with E-state index in [4.69, 9.17) is 14.2 Å². The van der Waals surface area contributed by atoms with Gasteiger partial charge in [0.2, 0.25) is 0 Å². The van der Waals surface area contributed by atoms with Gasteiger partial charge in [0.05, 0.1) is 24.7 Å². The fourth-order valence-corrected chi connectivity index (χ4v) is 3.17. The number of carbonyl (C=O) groups excluding carboxylic acids is 3. The van der Waals surface area contributed by atoms with Gasteiger partial charge in [-0.2, -0.15) is 0 Å². The van der Waals surface area contributed by atoms with Crippen molar-refractivity contribution in [2.75, 3.05) is 26.9 Å². The molecule has 0 fully saturated rings. The second kappa shape index (κ2) is 11.5. The summed E-state index contributed by atoms with van der Waals surface area (Å²) in [7, 11) is 1.31. The Morgan fingerprint density at radius 2 is 2.00 bits per heavy atom. The van der Waals surface area contributed by atoms with Crippen molar-refractivity contribution in [1.82, 2.24) is 10.6 Å². The molecule has 2 aromatic rings. The highest BCUT2D eigenvalue weighted by molar-refractivity contribution is 7.09. The Kier molecular flexibility index (Phi) is 8.76. The minimum Gasteiger partial charge on any atom is -0.493 e. The molecule has 0 atom stereocenters. The summed E-state index contributed by atoms with van der Waals surface area (Å²) in [5.74, 6) is -1.83. The third kappa shape index (κ3) is 6.96. The van der Waals surface area contributed by atoms with Gasteiger partial charge in [0, 0.05) is 17.5 Å². The summed E-state index contributed by atoms with van der Waals surface area (Å²) in [5, 5.41) is 17.8. The van der Waals surface area contributed by atoms with Crippen LogP contribution in [0.15, 0.2) is 29.6 Å². The molecule has 1 aromatic heterocycles. The lowest BCUT2D eigenvalue weighted by Crippen LogP contribution is -2.42. The highest BCUT2D eigenvalue weighted by Gasteiger charge is 2.26. The molecule has 2 rings (SSSR count). The van der Waals surface area contributed by atoms with Crippen LogP contribution in [0.25, 0.3) is 0 Å². The minimum atomic E-state index is -1.12. The zero-order chi connectivity index (χ0) is 22.8. The first-order valence-corrected chi connectivity index (χ1v) is 10.00. The molecule has 0 unspecified atom stereocenters. The van der Waals surface area contributed by atoms with Crippen LogP contribution >= 0.6 is 11.3 Å². The van der Waals surface area contributed by atoms with Crippen molar-refractivity contribution < 1.29 is 33.5 Å². The van der Waals surface area contributed by atoms with Crippen LogP contribution in [0.4, 0.5) is 10.5 Å². The van der Waals surface area contributed by atoms with Crippen molar-refractivity contribution in [3.63, 3.8) is 0 Å². The number of methoxy groups -OCH3 is 1. The highest BCUT2D eigenvalue weighted by Crippen LogP contribution is 2.35. The quantitative estimate of drug-likeness (QED) is 0.318. The summed E-state index contributed by atoms with van der Waals surface area (Å²) in [6.45, 7) is 1.43. The first-order valence-electron chi connectivity index (χ1n) is 9.12. The van der Waals surface area contributed by atoms with Crippen molar-refractivity contribution in [2.45, 2.75) is 13.3 Å². The van der Waals surface area contributed by atoms with Gasteiger partial charge >= 0.3 is 12.0 Å². The van der Waals surface area contributed by atoms with Crippen LogP contribution in [0.2, 0.25) is 0 Å². The number of carbonyl (C=O) groups is 3. The molecular formula is C19H21N3O8S. The monoisotopic (exact) mass is 451 g/mol. The standard InChI is InChI=1S/C19H21N3O8S/c1-3-29-16-10-14(22(26)27)13(9-15(16)28-2)18(24)30-11-17(23)21-19(25)20-7-6-12-5-4-8-31-12/h4-5,8-10H,3,6-7,11H2,1-2H3,(H2,20,21,23,25). The number of nitro groups is 1. The minimum absolute atomic E-state index is 0.0882. The molecule has 0 spiro atoms. The van der Waals surface area contributed by atoms with E-state index in [0.29, 0.717) is 13.0 Å². The molecular weight excluding hydrogens is 430 g/mol. The molecule has 0 radical (unpaired) electrons. The van der Waals surface area contributed by atoms with Crippen LogP contribution in [0, 0.1) is 10.1 Å². The second-order valence-electron chi connectivity index (χ2n) is 5.92. The number of hydrogen-bond donors (Lipinski definition) is 2. The number of amides is 3. The molecule has 0 aliphatic carbocycles. The Bertz CT molecular complexity index is 946. The highest BCUT2D eigenvalue weighted by atomic mass is 32.1. The molecule has 0 aliphatic heterocycles. The predicted molar refractivity (Wildman–Crippen MR) is 111 cm³/mol. The second-order valence-corrected chi connectivity index (χ2v) is 6.95. The molecule has 1 aromatic carbocycles. The molecule has 12 heteroatoms. The number of nitro benzene ring substituents is 1. The van der Waals surface area contributed by atoms with Gasteiger partial charge in [-0.25, -0.2) is 9.59 Å². The van der Waals surface area contributed by atoms with Crippen LogP contribution < -0.4 is 20.1 Å². The van der Waals surface area contributed by atoms with E-state index >= 15 is 0 Å². The van der Waals surface area contributed by atoms with Gasteiger partial charge in [0.1, 0.15) is 5.56 Å². The third-order valence-electron chi connectivity index (χ3n) is 3.82. The normalized spacial score (nSPS) is 10.1. The van der Waals surface area contributed by atoms with Gasteiger partial charge < -0.3 is 19.5 Å². The maximum atomic E-state index is 12.3. The molecule has 166 valence electrons. The lowest BCUT2D eigenvalue weighted by atomic mass is 10.1. The van der Waals surface area contributed by atoms with Crippen molar-refractivity contribution in [3.05, 3.63) is 50.2 Å². The third-order valence-corrected chi connectivity index (χ3v) is 4.76. The van der Waals surface area contributed by atoms with Gasteiger partial charge in [-0.3, -0.25) is 20.2 Å². The first kappa shape index (κ1) is 23.6. The summed E-state index contributed by atoms with van der Waals surface area (Å²) >= 11 is 1.55. The summed E-state index contributed by atoms with van der Waals surface area (Å²) in [6.07, 6.45) is 0.609. The van der Waals surface area contributed by atoms with Crippen molar-refractivity contribution in [1.29, 1.82) is 0 Å². The van der Waals surface area contributed by atoms with E-state index in [0.717, 1.165) is 17.0 Å². The average molecular weight is 451 g/mol. The topological polar surface area (TPSA) is 146 Å². The number of urea groups is 1. The SMILES string of the molecule is CCOc1cc([N+](=O)[O-])c(C(=O)OCC(=O)NC(=O)NCCc2cccs2)cc1OC. The molecule has 11 nitrogen and oxygen atoms in total. The maximum Gasteiger partial charge on any atom is 0.345 e. The Morgan fingerprint density at radius 1 is 1.23 bits per heavy atom. The number of nitrogens with zero attached hydrogens (tertiary/aromatic N) is 1. The maximum absolute atomic E-state index is 12.3. The summed E-state index contributed by atoms with van der Waals surface area (Å²) in [6, 6.07) is 5.21. The van der Waals surface area contributed by atoms with Crippen molar-refractivity contribution in [2.24, 2.45) is 0 Å². The largest absolute Gasteiger partial charge is 0.493 e. The van der Waals surface area contributed by atoms with Crippen molar-refractivity contribution >= 4 is 34.9 Å². The molecule has 0 saturated heterocycles. The van der Waals surface area contributed by atoms with Gasteiger partial charge in [-0.1, -0.05) is 6.07 Å². The number of esters is 1. The van der Waals surface area contributed by atoms with Gasteiger partial charge in [-0.05, 0) is 24.8 Å². The average Bonchev–Trinajstić information content (AvgIpc) is 3.25. The summed E-state index contributed by atoms with van der Waals surface area (Å²) in [4.78, 5) is 47.5.